The van der Waals surface area contributed by atoms with Crippen molar-refractivity contribution in [2.24, 2.45) is 4.99 Å². The molecule has 0 radical (unpaired) electrons. The molecule has 0 aromatic carbocycles. The number of aryl methyl sites for hydroxylation is 1. The van der Waals surface area contributed by atoms with Crippen LogP contribution in [0, 0.1) is 6.92 Å². The van der Waals surface area contributed by atoms with Gasteiger partial charge in [-0.05, 0) is 32.4 Å². The minimum Gasteiger partial charge on any atom is -0.464 e. The summed E-state index contributed by atoms with van der Waals surface area (Å²) in [4.78, 5) is 28.9. The first kappa shape index (κ1) is 17.1. The molecule has 2 N–H and O–H groups in total. The number of aliphatic imine (C=N–C) groups is 1. The quantitative estimate of drug-likeness (QED) is 0.486. The first-order valence-corrected chi connectivity index (χ1v) is 7.88. The summed E-state index contributed by atoms with van der Waals surface area (Å²) >= 11 is 0. The molecule has 1 aromatic rings. The summed E-state index contributed by atoms with van der Waals surface area (Å²) in [5.74, 6) is 2.10. The molecule has 0 aliphatic carbocycles. The Morgan fingerprint density at radius 3 is 2.61 bits per heavy atom. The molecule has 126 valence electrons. The normalized spacial score (nSPS) is 17.3. The number of hydrogen-bond acceptors (Lipinski definition) is 4. The largest absolute Gasteiger partial charge is 0.464 e. The van der Waals surface area contributed by atoms with Crippen molar-refractivity contribution in [3.05, 3.63) is 23.7 Å². The Kier molecular flexibility index (Phi) is 5.78. The highest BCUT2D eigenvalue weighted by Gasteiger charge is 2.25. The summed E-state index contributed by atoms with van der Waals surface area (Å²) in [5, 5.41) is 6.33. The van der Waals surface area contributed by atoms with Gasteiger partial charge in [-0.3, -0.25) is 19.5 Å². The lowest BCUT2D eigenvalue weighted by Gasteiger charge is -2.25. The third-order valence-electron chi connectivity index (χ3n) is 3.78. The van der Waals surface area contributed by atoms with Crippen molar-refractivity contribution < 1.29 is 14.0 Å². The lowest BCUT2D eigenvalue weighted by atomic mass is 10.1. The number of carbonyl (C=O) groups is 2. The second-order valence-electron chi connectivity index (χ2n) is 5.61. The van der Waals surface area contributed by atoms with Gasteiger partial charge < -0.3 is 15.1 Å². The highest BCUT2D eigenvalue weighted by molar-refractivity contribution is 5.97. The maximum Gasteiger partial charge on any atom is 0.229 e. The molecule has 1 unspecified atom stereocenters. The summed E-state index contributed by atoms with van der Waals surface area (Å²) in [6.45, 7) is 4.69. The van der Waals surface area contributed by atoms with Gasteiger partial charge in [-0.2, -0.15) is 0 Å². The Hall–Kier alpha value is -2.31. The number of carbonyl (C=O) groups excluding carboxylic acids is 2. The molecule has 2 amide bonds. The van der Waals surface area contributed by atoms with E-state index >= 15 is 0 Å². The topological polar surface area (TPSA) is 86.9 Å². The SMILES string of the molecule is CN=C(NCCN1C(=O)CCCC1=O)NC(C)c1ccc(C)o1. The number of amides is 2. The first-order chi connectivity index (χ1) is 11.0. The maximum atomic E-state index is 11.7. The average molecular weight is 320 g/mol. The van der Waals surface area contributed by atoms with Crippen molar-refractivity contribution >= 4 is 17.8 Å². The van der Waals surface area contributed by atoms with Crippen LogP contribution in [0.25, 0.3) is 0 Å². The van der Waals surface area contributed by atoms with Crippen LogP contribution in [0.4, 0.5) is 0 Å². The smallest absolute Gasteiger partial charge is 0.229 e. The molecular formula is C16H24N4O3. The number of guanidine groups is 1. The van der Waals surface area contributed by atoms with Gasteiger partial charge in [0.15, 0.2) is 5.96 Å². The molecule has 0 spiro atoms. The fraction of sp³-hybridized carbons (Fsp3) is 0.562. The van der Waals surface area contributed by atoms with Crippen molar-refractivity contribution in [3.8, 4) is 0 Å². The Morgan fingerprint density at radius 1 is 1.35 bits per heavy atom. The highest BCUT2D eigenvalue weighted by atomic mass is 16.3. The van der Waals surface area contributed by atoms with Crippen LogP contribution in [0.2, 0.25) is 0 Å². The van der Waals surface area contributed by atoms with E-state index in [-0.39, 0.29) is 17.9 Å². The van der Waals surface area contributed by atoms with Crippen molar-refractivity contribution in [1.29, 1.82) is 0 Å². The van der Waals surface area contributed by atoms with E-state index in [1.165, 1.54) is 4.90 Å². The number of furan rings is 1. The Labute approximate surface area is 136 Å². The van der Waals surface area contributed by atoms with E-state index in [1.54, 1.807) is 7.05 Å². The predicted octanol–water partition coefficient (Wildman–Crippen LogP) is 1.35. The van der Waals surface area contributed by atoms with Gasteiger partial charge >= 0.3 is 0 Å². The zero-order chi connectivity index (χ0) is 16.8. The molecule has 23 heavy (non-hydrogen) atoms. The van der Waals surface area contributed by atoms with E-state index in [9.17, 15) is 9.59 Å². The monoisotopic (exact) mass is 320 g/mol. The van der Waals surface area contributed by atoms with Crippen LogP contribution in [0.3, 0.4) is 0 Å². The second kappa shape index (κ2) is 7.80. The molecule has 2 rings (SSSR count). The van der Waals surface area contributed by atoms with Crippen LogP contribution < -0.4 is 10.6 Å². The van der Waals surface area contributed by atoms with Crippen LogP contribution >= 0.6 is 0 Å². The van der Waals surface area contributed by atoms with E-state index in [0.717, 1.165) is 11.5 Å². The van der Waals surface area contributed by atoms with Crippen molar-refractivity contribution in [1.82, 2.24) is 15.5 Å². The number of nitrogens with zero attached hydrogens (tertiary/aromatic N) is 2. The standard InChI is InChI=1S/C16H24N4O3/c1-11-7-8-13(23-11)12(2)19-16(17-3)18-9-10-20-14(21)5-4-6-15(20)22/h7-8,12H,4-6,9-10H2,1-3H3,(H2,17,18,19). The Bertz CT molecular complexity index is 578. The summed E-state index contributed by atoms with van der Waals surface area (Å²) in [6.07, 6.45) is 1.56. The zero-order valence-electron chi connectivity index (χ0n) is 13.9. The fourth-order valence-electron chi connectivity index (χ4n) is 2.49. The molecule has 1 aliphatic heterocycles. The van der Waals surface area contributed by atoms with Crippen molar-refractivity contribution in [2.75, 3.05) is 20.1 Å². The summed E-state index contributed by atoms with van der Waals surface area (Å²) in [7, 11) is 1.67. The molecule has 0 saturated carbocycles. The third kappa shape index (κ3) is 4.58. The predicted molar refractivity (Wildman–Crippen MR) is 86.9 cm³/mol. The fourth-order valence-corrected chi connectivity index (χ4v) is 2.49. The van der Waals surface area contributed by atoms with Crippen LogP contribution in [0.15, 0.2) is 21.5 Å². The summed E-state index contributed by atoms with van der Waals surface area (Å²) in [5.41, 5.74) is 0. The molecular weight excluding hydrogens is 296 g/mol. The van der Waals surface area contributed by atoms with Gasteiger partial charge in [-0.25, -0.2) is 0 Å². The van der Waals surface area contributed by atoms with Gasteiger partial charge in [0.05, 0.1) is 6.04 Å². The summed E-state index contributed by atoms with van der Waals surface area (Å²) in [6, 6.07) is 3.80. The van der Waals surface area contributed by atoms with Gasteiger partial charge in [0.2, 0.25) is 11.8 Å². The van der Waals surface area contributed by atoms with E-state index in [4.69, 9.17) is 4.42 Å². The number of hydrogen-bond donors (Lipinski definition) is 2. The van der Waals surface area contributed by atoms with Gasteiger partial charge in [-0.15, -0.1) is 0 Å². The number of rotatable bonds is 5. The molecule has 7 heteroatoms. The van der Waals surface area contributed by atoms with Gasteiger partial charge in [0.25, 0.3) is 0 Å². The minimum absolute atomic E-state index is 0.0341. The highest BCUT2D eigenvalue weighted by Crippen LogP contribution is 2.15. The molecule has 1 fully saturated rings. The molecule has 2 heterocycles. The molecule has 1 aliphatic rings. The van der Waals surface area contributed by atoms with Crippen molar-refractivity contribution in [2.45, 2.75) is 39.2 Å². The number of likely N-dealkylation sites (tertiary alicyclic amines) is 1. The number of imide groups is 1. The number of nitrogens with one attached hydrogen (secondary N) is 2. The molecule has 0 bridgehead atoms. The summed E-state index contributed by atoms with van der Waals surface area (Å²) < 4.78 is 5.58. The number of piperidine rings is 1. The first-order valence-electron chi connectivity index (χ1n) is 7.88. The second-order valence-corrected chi connectivity index (χ2v) is 5.61. The van der Waals surface area contributed by atoms with E-state index in [1.807, 2.05) is 26.0 Å². The molecule has 7 nitrogen and oxygen atoms in total. The lowest BCUT2D eigenvalue weighted by Crippen LogP contribution is -2.46. The van der Waals surface area contributed by atoms with Crippen LogP contribution in [0.5, 0.6) is 0 Å². The minimum atomic E-state index is -0.0922. The van der Waals surface area contributed by atoms with E-state index in [2.05, 4.69) is 15.6 Å². The zero-order valence-corrected chi connectivity index (χ0v) is 13.9. The average Bonchev–Trinajstić information content (AvgIpc) is 2.95. The van der Waals surface area contributed by atoms with E-state index in [0.29, 0.717) is 38.3 Å². The Balaban J connectivity index is 1.81. The molecule has 1 aromatic heterocycles. The van der Waals surface area contributed by atoms with Gasteiger partial charge in [0, 0.05) is 33.0 Å². The third-order valence-corrected chi connectivity index (χ3v) is 3.78. The van der Waals surface area contributed by atoms with Gasteiger partial charge in [0.1, 0.15) is 11.5 Å². The Morgan fingerprint density at radius 2 is 2.04 bits per heavy atom. The van der Waals surface area contributed by atoms with Crippen LogP contribution in [0.1, 0.15) is 43.7 Å². The van der Waals surface area contributed by atoms with Crippen LogP contribution in [-0.4, -0.2) is 42.8 Å². The van der Waals surface area contributed by atoms with E-state index < -0.39 is 0 Å². The lowest BCUT2D eigenvalue weighted by molar-refractivity contribution is -0.147. The maximum absolute atomic E-state index is 11.7. The van der Waals surface area contributed by atoms with Crippen LogP contribution in [-0.2, 0) is 9.59 Å². The molecule has 1 saturated heterocycles. The van der Waals surface area contributed by atoms with Gasteiger partial charge in [-0.1, -0.05) is 0 Å². The van der Waals surface area contributed by atoms with Crippen molar-refractivity contribution in [3.63, 3.8) is 0 Å². The molecule has 1 atom stereocenters.